The lowest BCUT2D eigenvalue weighted by Gasteiger charge is -2.21. The summed E-state index contributed by atoms with van der Waals surface area (Å²) in [5, 5.41) is 5.05. The van der Waals surface area contributed by atoms with Gasteiger partial charge in [-0.25, -0.2) is 0 Å². The molecular weight excluding hydrogens is 270 g/mol. The number of thiophene rings is 1. The van der Waals surface area contributed by atoms with Crippen molar-refractivity contribution in [1.82, 2.24) is 10.2 Å². The van der Waals surface area contributed by atoms with Crippen LogP contribution in [0.15, 0.2) is 17.5 Å². The molecule has 20 heavy (non-hydrogen) atoms. The van der Waals surface area contributed by atoms with Crippen LogP contribution in [0, 0.1) is 5.92 Å². The predicted molar refractivity (Wildman–Crippen MR) is 85.8 cm³/mol. The van der Waals surface area contributed by atoms with Crippen LogP contribution in [0.1, 0.15) is 38.1 Å². The Balaban J connectivity index is 2.27. The van der Waals surface area contributed by atoms with E-state index in [1.807, 2.05) is 36.4 Å². The van der Waals surface area contributed by atoms with Gasteiger partial charge in [0.25, 0.3) is 0 Å². The summed E-state index contributed by atoms with van der Waals surface area (Å²) in [5.74, 6) is 0.544. The maximum atomic E-state index is 12.0. The summed E-state index contributed by atoms with van der Waals surface area (Å²) in [6.45, 7) is 7.53. The van der Waals surface area contributed by atoms with Crippen LogP contribution in [0.5, 0.6) is 0 Å². The summed E-state index contributed by atoms with van der Waals surface area (Å²) < 4.78 is 0. The van der Waals surface area contributed by atoms with Gasteiger partial charge >= 0.3 is 0 Å². The second-order valence-electron chi connectivity index (χ2n) is 5.74. The van der Waals surface area contributed by atoms with Gasteiger partial charge in [-0.05, 0) is 44.3 Å². The molecular formula is C15H27N3OS. The lowest BCUT2D eigenvalue weighted by atomic mass is 10.0. The van der Waals surface area contributed by atoms with E-state index in [2.05, 4.69) is 19.2 Å². The third-order valence-corrected chi connectivity index (χ3v) is 4.52. The summed E-state index contributed by atoms with van der Waals surface area (Å²) in [7, 11) is 1.96. The SMILES string of the molecule is CC(NC(=O)CN(C)CCC(N)C(C)C)c1cccs1. The van der Waals surface area contributed by atoms with Crippen molar-refractivity contribution >= 4 is 17.2 Å². The molecule has 0 aliphatic carbocycles. The molecule has 0 saturated carbocycles. The van der Waals surface area contributed by atoms with Crippen LogP contribution in [0.25, 0.3) is 0 Å². The van der Waals surface area contributed by atoms with Gasteiger partial charge in [0.15, 0.2) is 0 Å². The Hall–Kier alpha value is -0.910. The fourth-order valence-electron chi connectivity index (χ4n) is 1.92. The van der Waals surface area contributed by atoms with Crippen molar-refractivity contribution in [3.63, 3.8) is 0 Å². The van der Waals surface area contributed by atoms with E-state index in [0.717, 1.165) is 13.0 Å². The summed E-state index contributed by atoms with van der Waals surface area (Å²) in [4.78, 5) is 15.2. The van der Waals surface area contributed by atoms with Crippen LogP contribution < -0.4 is 11.1 Å². The number of hydrogen-bond acceptors (Lipinski definition) is 4. The summed E-state index contributed by atoms with van der Waals surface area (Å²) in [6.07, 6.45) is 0.919. The highest BCUT2D eigenvalue weighted by atomic mass is 32.1. The second-order valence-corrected chi connectivity index (χ2v) is 6.72. The van der Waals surface area contributed by atoms with E-state index < -0.39 is 0 Å². The maximum absolute atomic E-state index is 12.0. The van der Waals surface area contributed by atoms with Gasteiger partial charge in [-0.3, -0.25) is 9.69 Å². The highest BCUT2D eigenvalue weighted by Crippen LogP contribution is 2.17. The zero-order valence-corrected chi connectivity index (χ0v) is 13.7. The van der Waals surface area contributed by atoms with Crippen molar-refractivity contribution < 1.29 is 4.79 Å². The predicted octanol–water partition coefficient (Wildman–Crippen LogP) is 2.23. The van der Waals surface area contributed by atoms with Gasteiger partial charge in [0, 0.05) is 10.9 Å². The Bertz CT molecular complexity index is 392. The van der Waals surface area contributed by atoms with Gasteiger partial charge in [0.05, 0.1) is 12.6 Å². The van der Waals surface area contributed by atoms with Gasteiger partial charge < -0.3 is 11.1 Å². The van der Waals surface area contributed by atoms with Gasteiger partial charge in [-0.1, -0.05) is 19.9 Å². The van der Waals surface area contributed by atoms with Crippen molar-refractivity contribution in [3.05, 3.63) is 22.4 Å². The molecule has 1 amide bonds. The first-order valence-corrected chi connectivity index (χ1v) is 8.05. The molecule has 2 unspecified atom stereocenters. The van der Waals surface area contributed by atoms with Gasteiger partial charge in [0.1, 0.15) is 0 Å². The standard InChI is InChI=1S/C15H27N3OS/c1-11(2)13(16)7-8-18(4)10-15(19)17-12(3)14-6-5-9-20-14/h5-6,9,11-13H,7-8,10,16H2,1-4H3,(H,17,19). The smallest absolute Gasteiger partial charge is 0.234 e. The number of nitrogens with zero attached hydrogens (tertiary/aromatic N) is 1. The summed E-state index contributed by atoms with van der Waals surface area (Å²) in [5.41, 5.74) is 6.01. The Morgan fingerprint density at radius 1 is 1.45 bits per heavy atom. The minimum absolute atomic E-state index is 0.0616. The van der Waals surface area contributed by atoms with Crippen molar-refractivity contribution in [2.45, 2.75) is 39.3 Å². The minimum atomic E-state index is 0.0616. The largest absolute Gasteiger partial charge is 0.348 e. The molecule has 1 rings (SSSR count). The maximum Gasteiger partial charge on any atom is 0.234 e. The second kappa shape index (κ2) is 8.39. The van der Waals surface area contributed by atoms with Crippen LogP contribution in [0.3, 0.4) is 0 Å². The average Bonchev–Trinajstić information content (AvgIpc) is 2.89. The molecule has 4 nitrogen and oxygen atoms in total. The molecule has 2 atom stereocenters. The molecule has 114 valence electrons. The number of carbonyl (C=O) groups is 1. The van der Waals surface area contributed by atoms with Crippen LogP contribution in [0.4, 0.5) is 0 Å². The highest BCUT2D eigenvalue weighted by Gasteiger charge is 2.13. The fourth-order valence-corrected chi connectivity index (χ4v) is 2.66. The molecule has 0 spiro atoms. The average molecular weight is 297 g/mol. The molecule has 0 bridgehead atoms. The number of hydrogen-bond donors (Lipinski definition) is 2. The molecule has 0 aliphatic heterocycles. The quantitative estimate of drug-likeness (QED) is 0.773. The first kappa shape index (κ1) is 17.1. The number of amides is 1. The van der Waals surface area contributed by atoms with E-state index in [-0.39, 0.29) is 18.0 Å². The van der Waals surface area contributed by atoms with E-state index in [4.69, 9.17) is 5.73 Å². The Morgan fingerprint density at radius 3 is 2.70 bits per heavy atom. The molecule has 0 radical (unpaired) electrons. The van der Waals surface area contributed by atoms with Gasteiger partial charge in [0.2, 0.25) is 5.91 Å². The molecule has 1 heterocycles. The van der Waals surface area contributed by atoms with Crippen molar-refractivity contribution in [2.75, 3.05) is 20.1 Å². The van der Waals surface area contributed by atoms with E-state index in [1.54, 1.807) is 11.3 Å². The molecule has 0 aromatic carbocycles. The molecule has 3 N–H and O–H groups in total. The third kappa shape index (κ3) is 6.03. The monoisotopic (exact) mass is 297 g/mol. The lowest BCUT2D eigenvalue weighted by molar-refractivity contribution is -0.122. The van der Waals surface area contributed by atoms with E-state index in [0.29, 0.717) is 12.5 Å². The molecule has 0 aliphatic rings. The first-order valence-electron chi connectivity index (χ1n) is 7.17. The van der Waals surface area contributed by atoms with Crippen LogP contribution in [-0.4, -0.2) is 37.0 Å². The van der Waals surface area contributed by atoms with Crippen LogP contribution >= 0.6 is 11.3 Å². The van der Waals surface area contributed by atoms with Gasteiger partial charge in [-0.15, -0.1) is 11.3 Å². The van der Waals surface area contributed by atoms with E-state index in [1.165, 1.54) is 4.88 Å². The Morgan fingerprint density at radius 2 is 2.15 bits per heavy atom. The van der Waals surface area contributed by atoms with E-state index in [9.17, 15) is 4.79 Å². The Kier molecular flexibility index (Phi) is 7.19. The molecule has 1 aromatic heterocycles. The Labute approximate surface area is 126 Å². The number of nitrogens with one attached hydrogen (secondary N) is 1. The third-order valence-electron chi connectivity index (χ3n) is 3.46. The van der Waals surface area contributed by atoms with E-state index >= 15 is 0 Å². The van der Waals surface area contributed by atoms with Crippen molar-refractivity contribution in [2.24, 2.45) is 11.7 Å². The number of carbonyl (C=O) groups excluding carboxylic acids is 1. The van der Waals surface area contributed by atoms with Crippen molar-refractivity contribution in [3.8, 4) is 0 Å². The number of likely N-dealkylation sites (N-methyl/N-ethyl adjacent to an activating group) is 1. The lowest BCUT2D eigenvalue weighted by Crippen LogP contribution is -2.38. The molecule has 5 heteroatoms. The minimum Gasteiger partial charge on any atom is -0.348 e. The first-order chi connectivity index (χ1) is 9.40. The molecule has 1 aromatic rings. The summed E-state index contributed by atoms with van der Waals surface area (Å²) in [6, 6.07) is 4.32. The van der Waals surface area contributed by atoms with Crippen LogP contribution in [0.2, 0.25) is 0 Å². The zero-order valence-electron chi connectivity index (χ0n) is 12.9. The van der Waals surface area contributed by atoms with Crippen LogP contribution in [-0.2, 0) is 4.79 Å². The fraction of sp³-hybridized carbons (Fsp3) is 0.667. The number of nitrogens with two attached hydrogens (primary N) is 1. The summed E-state index contributed by atoms with van der Waals surface area (Å²) >= 11 is 1.66. The normalized spacial score (nSPS) is 14.6. The zero-order chi connectivity index (χ0) is 15.1. The van der Waals surface area contributed by atoms with Crippen molar-refractivity contribution in [1.29, 1.82) is 0 Å². The molecule has 0 saturated heterocycles. The van der Waals surface area contributed by atoms with Gasteiger partial charge in [-0.2, -0.15) is 0 Å². The molecule has 0 fully saturated rings. The highest BCUT2D eigenvalue weighted by molar-refractivity contribution is 7.10. The topological polar surface area (TPSA) is 58.4 Å². The number of rotatable bonds is 8.